The molecule has 23 heavy (non-hydrogen) atoms. The average Bonchev–Trinajstić information content (AvgIpc) is 2.86. The maximum absolute atomic E-state index is 12.0. The number of hydrogen-bond acceptors (Lipinski definition) is 4. The van der Waals surface area contributed by atoms with Crippen molar-refractivity contribution in [1.82, 2.24) is 9.88 Å². The lowest BCUT2D eigenvalue weighted by Gasteiger charge is -2.46. The Morgan fingerprint density at radius 3 is 2.65 bits per heavy atom. The molecule has 1 aromatic carbocycles. The summed E-state index contributed by atoms with van der Waals surface area (Å²) in [5, 5.41) is 11.7. The highest BCUT2D eigenvalue weighted by Gasteiger charge is 2.48. The maximum Gasteiger partial charge on any atom is 0.410 e. The molecule has 0 unspecified atom stereocenters. The van der Waals surface area contributed by atoms with Gasteiger partial charge in [0.25, 0.3) is 0 Å². The third-order valence-corrected chi connectivity index (χ3v) is 3.95. The van der Waals surface area contributed by atoms with E-state index < -0.39 is 17.3 Å². The monoisotopic (exact) mass is 318 g/mol. The second-order valence-corrected chi connectivity index (χ2v) is 6.95. The largest absolute Gasteiger partial charge is 0.496 e. The number of ether oxygens (including phenoxy) is 2. The van der Waals surface area contributed by atoms with Crippen LogP contribution in [0.1, 0.15) is 26.3 Å². The predicted molar refractivity (Wildman–Crippen MR) is 86.6 cm³/mol. The first kappa shape index (κ1) is 15.7. The smallest absolute Gasteiger partial charge is 0.410 e. The average molecular weight is 318 g/mol. The molecule has 0 atom stereocenters. The van der Waals surface area contributed by atoms with Crippen LogP contribution in [0, 0.1) is 0 Å². The molecule has 2 N–H and O–H groups in total. The minimum absolute atomic E-state index is 0.201. The minimum Gasteiger partial charge on any atom is -0.496 e. The number of β-amino-alcohol motifs (C(OH)–C–C–N with tert-alkyl or cyclic N) is 1. The number of fused-ring (bicyclic) bond motifs is 1. The van der Waals surface area contributed by atoms with Crippen LogP contribution in [0.15, 0.2) is 24.4 Å². The number of likely N-dealkylation sites (tertiary alicyclic amines) is 1. The highest BCUT2D eigenvalue weighted by molar-refractivity contribution is 5.90. The first-order valence-corrected chi connectivity index (χ1v) is 7.58. The van der Waals surface area contributed by atoms with E-state index in [1.165, 1.54) is 4.90 Å². The fourth-order valence-electron chi connectivity index (χ4n) is 2.90. The standard InChI is InChI=1S/C17H22N2O4/c1-16(2,3)23-15(20)19-9-17(21,10-19)11-8-18-12-6-5-7-13(22-4)14(11)12/h5-8,18,21H,9-10H2,1-4H3. The molecule has 0 saturated carbocycles. The molecule has 6 nitrogen and oxygen atoms in total. The molecular formula is C17H22N2O4. The number of carbonyl (C=O) groups is 1. The lowest BCUT2D eigenvalue weighted by atomic mass is 9.86. The Morgan fingerprint density at radius 2 is 2.04 bits per heavy atom. The molecule has 3 rings (SSSR count). The van der Waals surface area contributed by atoms with Crippen molar-refractivity contribution in [3.05, 3.63) is 30.0 Å². The van der Waals surface area contributed by atoms with Gasteiger partial charge in [0.05, 0.1) is 20.2 Å². The van der Waals surface area contributed by atoms with Crippen LogP contribution in [0.25, 0.3) is 10.9 Å². The summed E-state index contributed by atoms with van der Waals surface area (Å²) in [7, 11) is 1.60. The molecule has 0 bridgehead atoms. The van der Waals surface area contributed by atoms with Crippen LogP contribution in [0.5, 0.6) is 5.75 Å². The topological polar surface area (TPSA) is 74.8 Å². The lowest BCUT2D eigenvalue weighted by Crippen LogP contribution is -2.61. The van der Waals surface area contributed by atoms with E-state index in [0.29, 0.717) is 5.75 Å². The zero-order valence-electron chi connectivity index (χ0n) is 13.8. The first-order valence-electron chi connectivity index (χ1n) is 7.58. The van der Waals surface area contributed by atoms with E-state index in [1.807, 2.05) is 39.0 Å². The summed E-state index contributed by atoms with van der Waals surface area (Å²) in [5.41, 5.74) is -0.00766. The summed E-state index contributed by atoms with van der Waals surface area (Å²) in [4.78, 5) is 16.7. The van der Waals surface area contributed by atoms with Gasteiger partial charge in [-0.25, -0.2) is 4.79 Å². The van der Waals surface area contributed by atoms with Crippen LogP contribution in [0.2, 0.25) is 0 Å². The lowest BCUT2D eigenvalue weighted by molar-refractivity contribution is -0.102. The van der Waals surface area contributed by atoms with E-state index in [9.17, 15) is 9.90 Å². The van der Waals surface area contributed by atoms with Crippen molar-refractivity contribution in [3.8, 4) is 5.75 Å². The molecule has 0 aliphatic carbocycles. The van der Waals surface area contributed by atoms with E-state index in [0.717, 1.165) is 16.5 Å². The van der Waals surface area contributed by atoms with Crippen molar-refractivity contribution in [1.29, 1.82) is 0 Å². The quantitative estimate of drug-likeness (QED) is 0.892. The molecule has 1 aromatic heterocycles. The van der Waals surface area contributed by atoms with E-state index >= 15 is 0 Å². The normalized spacial score (nSPS) is 17.0. The second-order valence-electron chi connectivity index (χ2n) is 6.95. The number of aliphatic hydroxyl groups is 1. The Kier molecular flexibility index (Phi) is 3.52. The summed E-state index contributed by atoms with van der Waals surface area (Å²) >= 11 is 0. The Morgan fingerprint density at radius 1 is 1.35 bits per heavy atom. The van der Waals surface area contributed by atoms with E-state index in [4.69, 9.17) is 9.47 Å². The van der Waals surface area contributed by atoms with Gasteiger partial charge in [-0.15, -0.1) is 0 Å². The van der Waals surface area contributed by atoms with Crippen molar-refractivity contribution in [2.24, 2.45) is 0 Å². The number of nitrogens with one attached hydrogen (secondary N) is 1. The van der Waals surface area contributed by atoms with Crippen LogP contribution in [0.3, 0.4) is 0 Å². The maximum atomic E-state index is 12.0. The van der Waals surface area contributed by atoms with Gasteiger partial charge in [-0.05, 0) is 32.9 Å². The Hall–Kier alpha value is -2.21. The van der Waals surface area contributed by atoms with E-state index in [1.54, 1.807) is 13.3 Å². The molecule has 1 amide bonds. The van der Waals surface area contributed by atoms with Gasteiger partial charge >= 0.3 is 6.09 Å². The Labute approximate surface area is 135 Å². The number of nitrogens with zero attached hydrogens (tertiary/aromatic N) is 1. The molecule has 0 radical (unpaired) electrons. The highest BCUT2D eigenvalue weighted by atomic mass is 16.6. The van der Waals surface area contributed by atoms with Gasteiger partial charge in [-0.3, -0.25) is 0 Å². The fourth-order valence-corrected chi connectivity index (χ4v) is 2.90. The molecule has 2 aromatic rings. The number of carbonyl (C=O) groups excluding carboxylic acids is 1. The van der Waals surface area contributed by atoms with Crippen molar-refractivity contribution in [2.75, 3.05) is 20.2 Å². The first-order chi connectivity index (χ1) is 10.7. The van der Waals surface area contributed by atoms with Crippen molar-refractivity contribution in [3.63, 3.8) is 0 Å². The van der Waals surface area contributed by atoms with Gasteiger partial charge in [0, 0.05) is 22.7 Å². The van der Waals surface area contributed by atoms with E-state index in [-0.39, 0.29) is 13.1 Å². The molecule has 2 heterocycles. The van der Waals surface area contributed by atoms with Gasteiger partial charge in [-0.1, -0.05) is 6.07 Å². The van der Waals surface area contributed by atoms with Crippen LogP contribution in [0.4, 0.5) is 4.79 Å². The minimum atomic E-state index is -1.09. The van der Waals surface area contributed by atoms with E-state index in [2.05, 4.69) is 4.98 Å². The van der Waals surface area contributed by atoms with Crippen LogP contribution in [-0.2, 0) is 10.3 Å². The van der Waals surface area contributed by atoms with Gasteiger partial charge < -0.3 is 24.5 Å². The van der Waals surface area contributed by atoms with Crippen LogP contribution < -0.4 is 4.74 Å². The van der Waals surface area contributed by atoms with Crippen molar-refractivity contribution >= 4 is 17.0 Å². The number of amides is 1. The van der Waals surface area contributed by atoms with Crippen LogP contribution >= 0.6 is 0 Å². The summed E-state index contributed by atoms with van der Waals surface area (Å²) < 4.78 is 10.7. The number of rotatable bonds is 2. The molecule has 1 fully saturated rings. The number of aromatic nitrogens is 1. The van der Waals surface area contributed by atoms with Crippen LogP contribution in [-0.4, -0.2) is 46.9 Å². The number of H-pyrrole nitrogens is 1. The fraction of sp³-hybridized carbons (Fsp3) is 0.471. The summed E-state index contributed by atoms with van der Waals surface area (Å²) in [6.07, 6.45) is 1.37. The van der Waals surface area contributed by atoms with Gasteiger partial charge in [0.15, 0.2) is 0 Å². The van der Waals surface area contributed by atoms with Gasteiger partial charge in [0.2, 0.25) is 0 Å². The third kappa shape index (κ3) is 2.74. The van der Waals surface area contributed by atoms with Gasteiger partial charge in [-0.2, -0.15) is 0 Å². The second kappa shape index (κ2) is 5.16. The summed E-state index contributed by atoms with van der Waals surface area (Å²) in [6, 6.07) is 5.67. The Balaban J connectivity index is 1.83. The molecule has 124 valence electrons. The zero-order valence-corrected chi connectivity index (χ0v) is 13.8. The summed E-state index contributed by atoms with van der Waals surface area (Å²) in [5.74, 6) is 0.697. The molecule has 1 aliphatic heterocycles. The molecule has 0 spiro atoms. The third-order valence-electron chi connectivity index (χ3n) is 3.95. The SMILES string of the molecule is COc1cccc2[nH]cc(C3(O)CN(C(=O)OC(C)(C)C)C3)c12. The highest BCUT2D eigenvalue weighted by Crippen LogP contribution is 2.40. The number of methoxy groups -OCH3 is 1. The number of benzene rings is 1. The number of aromatic amines is 1. The van der Waals surface area contributed by atoms with Gasteiger partial charge in [0.1, 0.15) is 17.0 Å². The van der Waals surface area contributed by atoms with Crippen molar-refractivity contribution in [2.45, 2.75) is 32.0 Å². The summed E-state index contributed by atoms with van der Waals surface area (Å²) in [6.45, 7) is 5.87. The predicted octanol–water partition coefficient (Wildman–Crippen LogP) is 2.61. The Bertz CT molecular complexity index is 739. The molecule has 1 saturated heterocycles. The molecule has 6 heteroatoms. The van der Waals surface area contributed by atoms with Crippen molar-refractivity contribution < 1.29 is 19.4 Å². The zero-order chi connectivity index (χ0) is 16.8. The number of hydrogen-bond donors (Lipinski definition) is 2. The molecular weight excluding hydrogens is 296 g/mol. The molecule has 1 aliphatic rings.